The van der Waals surface area contributed by atoms with E-state index in [0.29, 0.717) is 25.0 Å². The SMILES string of the molecule is O=C1CCCCC=CCO[C@@H]2C[C@H](NC[C@@H](O)[C@H](Cc3cc(F)cc(F)c3)N1)c1cc(Br)ccc12. The standard InChI is InChI=1S/C27H31BrF2N2O3/c28-18-7-8-21-22(13-18)23-15-26(21)35-9-5-3-1-2-4-6-27(34)32-24(25(33)16-31-23)12-17-10-19(29)14-20(30)11-17/h3,5,7-8,10-11,13-14,23-26,31,33H,1-2,4,6,9,12,15-16H2,(H,32,34)/t23-,24-,25+,26+/m0/s1. The summed E-state index contributed by atoms with van der Waals surface area (Å²) in [4.78, 5) is 12.6. The van der Waals surface area contributed by atoms with Gasteiger partial charge in [-0.3, -0.25) is 4.79 Å². The molecule has 0 aromatic heterocycles. The minimum absolute atomic E-state index is 0.0372. The minimum Gasteiger partial charge on any atom is -0.390 e. The van der Waals surface area contributed by atoms with Gasteiger partial charge in [0.25, 0.3) is 0 Å². The Morgan fingerprint density at radius 2 is 1.86 bits per heavy atom. The van der Waals surface area contributed by atoms with E-state index < -0.39 is 23.8 Å². The van der Waals surface area contributed by atoms with Gasteiger partial charge >= 0.3 is 0 Å². The molecule has 35 heavy (non-hydrogen) atoms. The zero-order chi connectivity index (χ0) is 24.8. The van der Waals surface area contributed by atoms with E-state index in [2.05, 4.69) is 44.8 Å². The molecule has 1 aliphatic carbocycles. The van der Waals surface area contributed by atoms with E-state index in [-0.39, 0.29) is 31.0 Å². The van der Waals surface area contributed by atoms with Crippen molar-refractivity contribution in [2.75, 3.05) is 13.2 Å². The number of carbonyl (C=O) groups excluding carboxylic acids is 1. The number of halogens is 3. The zero-order valence-electron chi connectivity index (χ0n) is 19.5. The first-order chi connectivity index (χ1) is 16.9. The van der Waals surface area contributed by atoms with E-state index in [9.17, 15) is 18.7 Å². The van der Waals surface area contributed by atoms with Crippen LogP contribution in [0.15, 0.2) is 53.0 Å². The molecule has 0 fully saturated rings. The van der Waals surface area contributed by atoms with Crippen LogP contribution in [-0.4, -0.2) is 36.3 Å². The predicted octanol–water partition coefficient (Wildman–Crippen LogP) is 5.04. The number of fused-ring (bicyclic) bond motifs is 5. The lowest BCUT2D eigenvalue weighted by molar-refractivity contribution is -0.122. The lowest BCUT2D eigenvalue weighted by Crippen LogP contribution is -2.49. The van der Waals surface area contributed by atoms with Crippen LogP contribution in [-0.2, 0) is 16.0 Å². The van der Waals surface area contributed by atoms with Crippen LogP contribution in [0.4, 0.5) is 8.78 Å². The van der Waals surface area contributed by atoms with Crippen molar-refractivity contribution in [3.63, 3.8) is 0 Å². The number of β-amino-alcohol motifs (C(OH)–C–C–N with tert-alkyl or cyclic N) is 1. The molecule has 2 aliphatic rings. The van der Waals surface area contributed by atoms with Gasteiger partial charge in [-0.05, 0) is 73.1 Å². The number of hydrogen-bond donors (Lipinski definition) is 3. The Kier molecular flexibility index (Phi) is 9.05. The summed E-state index contributed by atoms with van der Waals surface area (Å²) in [5.74, 6) is -1.55. The molecule has 4 atom stereocenters. The Hall–Kier alpha value is -2.13. The quantitative estimate of drug-likeness (QED) is 0.460. The van der Waals surface area contributed by atoms with Crippen LogP contribution in [0.2, 0.25) is 0 Å². The van der Waals surface area contributed by atoms with Gasteiger partial charge in [0.1, 0.15) is 11.6 Å². The van der Waals surface area contributed by atoms with Crippen LogP contribution in [0.1, 0.15) is 60.9 Å². The lowest BCUT2D eigenvalue weighted by Gasteiger charge is -2.26. The van der Waals surface area contributed by atoms with Crippen molar-refractivity contribution >= 4 is 21.8 Å². The largest absolute Gasteiger partial charge is 0.390 e. The Morgan fingerprint density at radius 3 is 2.66 bits per heavy atom. The van der Waals surface area contributed by atoms with Crippen LogP contribution in [0.5, 0.6) is 0 Å². The Morgan fingerprint density at radius 1 is 1.06 bits per heavy atom. The number of ether oxygens (including phenoxy) is 1. The number of benzene rings is 2. The van der Waals surface area contributed by atoms with E-state index in [4.69, 9.17) is 4.74 Å². The third-order valence-corrected chi connectivity index (χ3v) is 7.06. The maximum Gasteiger partial charge on any atom is 0.220 e. The fraction of sp³-hybridized carbons (Fsp3) is 0.444. The average Bonchev–Trinajstić information content (AvgIpc) is 3.14. The fourth-order valence-electron chi connectivity index (χ4n) is 4.82. The van der Waals surface area contributed by atoms with Gasteiger partial charge in [-0.1, -0.05) is 34.1 Å². The van der Waals surface area contributed by atoms with Gasteiger partial charge in [-0.15, -0.1) is 0 Å². The summed E-state index contributed by atoms with van der Waals surface area (Å²) < 4.78 is 34.6. The number of rotatable bonds is 2. The summed E-state index contributed by atoms with van der Waals surface area (Å²) in [5.41, 5.74) is 2.61. The molecule has 2 aromatic rings. The highest BCUT2D eigenvalue weighted by Gasteiger charge is 2.32. The lowest BCUT2D eigenvalue weighted by atomic mass is 9.99. The number of aliphatic hydroxyl groups is 1. The molecule has 1 aliphatic heterocycles. The molecule has 2 bridgehead atoms. The fourth-order valence-corrected chi connectivity index (χ4v) is 5.19. The maximum absolute atomic E-state index is 13.8. The molecule has 0 unspecified atom stereocenters. The van der Waals surface area contributed by atoms with Crippen LogP contribution >= 0.6 is 15.9 Å². The van der Waals surface area contributed by atoms with Gasteiger partial charge in [-0.2, -0.15) is 0 Å². The summed E-state index contributed by atoms with van der Waals surface area (Å²) in [5, 5.41) is 17.4. The molecule has 5 nitrogen and oxygen atoms in total. The molecule has 8 heteroatoms. The Bertz CT molecular complexity index is 1040. The normalized spacial score (nSPS) is 26.1. The minimum atomic E-state index is -0.960. The first-order valence-corrected chi connectivity index (χ1v) is 12.9. The van der Waals surface area contributed by atoms with Crippen LogP contribution < -0.4 is 10.6 Å². The highest BCUT2D eigenvalue weighted by molar-refractivity contribution is 9.10. The molecule has 0 spiro atoms. The molecule has 4 rings (SSSR count). The molecule has 188 valence electrons. The average molecular weight is 549 g/mol. The van der Waals surface area contributed by atoms with Crippen molar-refractivity contribution in [2.24, 2.45) is 0 Å². The monoisotopic (exact) mass is 548 g/mol. The summed E-state index contributed by atoms with van der Waals surface area (Å²) in [6.45, 7) is 0.717. The van der Waals surface area contributed by atoms with Gasteiger partial charge in [0.2, 0.25) is 5.91 Å². The van der Waals surface area contributed by atoms with E-state index in [1.807, 2.05) is 12.1 Å². The van der Waals surface area contributed by atoms with Crippen LogP contribution in [0.3, 0.4) is 0 Å². The molecule has 1 amide bonds. The third kappa shape index (κ3) is 7.19. The number of nitrogens with one attached hydrogen (secondary N) is 2. The van der Waals surface area contributed by atoms with Crippen molar-refractivity contribution in [3.8, 4) is 0 Å². The second-order valence-electron chi connectivity index (χ2n) is 9.23. The first-order valence-electron chi connectivity index (χ1n) is 12.1. The molecule has 0 saturated heterocycles. The van der Waals surface area contributed by atoms with Gasteiger partial charge in [0.05, 0.1) is 24.9 Å². The van der Waals surface area contributed by atoms with Gasteiger partial charge in [-0.25, -0.2) is 8.78 Å². The first kappa shape index (κ1) is 25.9. The van der Waals surface area contributed by atoms with Crippen molar-refractivity contribution in [1.29, 1.82) is 0 Å². The number of amides is 1. The van der Waals surface area contributed by atoms with Crippen molar-refractivity contribution in [2.45, 2.75) is 62.8 Å². The maximum atomic E-state index is 13.8. The van der Waals surface area contributed by atoms with E-state index >= 15 is 0 Å². The number of carbonyl (C=O) groups is 1. The van der Waals surface area contributed by atoms with E-state index in [1.54, 1.807) is 0 Å². The number of allylic oxidation sites excluding steroid dienone is 1. The summed E-state index contributed by atoms with van der Waals surface area (Å²) in [6, 6.07) is 8.67. The molecule has 0 saturated carbocycles. The molecular weight excluding hydrogens is 518 g/mol. The number of hydrogen-bond acceptors (Lipinski definition) is 4. The number of aliphatic hydroxyl groups excluding tert-OH is 1. The molecule has 3 N–H and O–H groups in total. The third-order valence-electron chi connectivity index (χ3n) is 6.57. The molecule has 1 heterocycles. The highest BCUT2D eigenvalue weighted by Crippen LogP contribution is 2.42. The Balaban J connectivity index is 1.54. The molecular formula is C27H31BrF2N2O3. The second-order valence-corrected chi connectivity index (χ2v) is 10.1. The van der Waals surface area contributed by atoms with Crippen LogP contribution in [0, 0.1) is 11.6 Å². The topological polar surface area (TPSA) is 70.6 Å². The summed E-state index contributed by atoms with van der Waals surface area (Å²) >= 11 is 3.54. The van der Waals surface area contributed by atoms with E-state index in [0.717, 1.165) is 40.9 Å². The second kappa shape index (κ2) is 12.2. The summed E-state index contributed by atoms with van der Waals surface area (Å²) in [7, 11) is 0. The highest BCUT2D eigenvalue weighted by atomic mass is 79.9. The van der Waals surface area contributed by atoms with Gasteiger partial charge < -0.3 is 20.5 Å². The molecule has 0 radical (unpaired) electrons. The van der Waals surface area contributed by atoms with Crippen molar-refractivity contribution in [1.82, 2.24) is 10.6 Å². The molecule has 2 aromatic carbocycles. The van der Waals surface area contributed by atoms with Crippen molar-refractivity contribution in [3.05, 3.63) is 81.3 Å². The van der Waals surface area contributed by atoms with E-state index in [1.165, 1.54) is 12.1 Å². The van der Waals surface area contributed by atoms with Gasteiger partial charge in [0.15, 0.2) is 0 Å². The Labute approximate surface area is 213 Å². The predicted molar refractivity (Wildman–Crippen MR) is 134 cm³/mol. The van der Waals surface area contributed by atoms with Crippen molar-refractivity contribution < 1.29 is 23.4 Å². The van der Waals surface area contributed by atoms with Gasteiger partial charge in [0, 0.05) is 29.5 Å². The van der Waals surface area contributed by atoms with Crippen LogP contribution in [0.25, 0.3) is 0 Å². The summed E-state index contributed by atoms with van der Waals surface area (Å²) in [6.07, 6.45) is 6.66. The smallest absolute Gasteiger partial charge is 0.220 e. The zero-order valence-corrected chi connectivity index (χ0v) is 21.1.